The number of ether oxygens (including phenoxy) is 1. The molecule has 0 radical (unpaired) electrons. The summed E-state index contributed by atoms with van der Waals surface area (Å²) in [5, 5.41) is 0. The van der Waals surface area contributed by atoms with E-state index in [0.29, 0.717) is 11.1 Å². The first-order chi connectivity index (χ1) is 13.6. The van der Waals surface area contributed by atoms with E-state index >= 15 is 0 Å². The van der Waals surface area contributed by atoms with Gasteiger partial charge in [0.15, 0.2) is 6.10 Å². The maximum absolute atomic E-state index is 13.0. The number of nitrogens with zero attached hydrogens (tertiary/aromatic N) is 1. The Hall–Kier alpha value is -2.43. The normalized spacial score (nSPS) is 23.7. The molecule has 0 saturated carbocycles. The zero-order chi connectivity index (χ0) is 21.2. The predicted octanol–water partition coefficient (Wildman–Crippen LogP) is 3.19. The van der Waals surface area contributed by atoms with E-state index in [9.17, 15) is 26.4 Å². The molecule has 2 aromatic carbocycles. The van der Waals surface area contributed by atoms with Crippen LogP contribution in [0.1, 0.15) is 23.3 Å². The molecule has 3 atom stereocenters. The van der Waals surface area contributed by atoms with Crippen molar-refractivity contribution in [3.05, 3.63) is 71.8 Å². The van der Waals surface area contributed by atoms with Crippen LogP contribution in [-0.2, 0) is 23.8 Å². The Morgan fingerprint density at radius 1 is 1.00 bits per heavy atom. The smallest absolute Gasteiger partial charge is 0.368 e. The number of hydrogen-bond acceptors (Lipinski definition) is 5. The van der Waals surface area contributed by atoms with Crippen LogP contribution in [0, 0.1) is 0 Å². The Morgan fingerprint density at radius 2 is 1.52 bits per heavy atom. The first-order valence-electron chi connectivity index (χ1n) is 8.59. The molecule has 1 aliphatic heterocycles. The van der Waals surface area contributed by atoms with Crippen molar-refractivity contribution in [2.45, 2.75) is 23.8 Å². The molecule has 0 spiro atoms. The molecule has 3 rings (SSSR count). The van der Waals surface area contributed by atoms with E-state index in [0.717, 1.165) is 4.90 Å². The second-order valence-electron chi connectivity index (χ2n) is 6.46. The van der Waals surface area contributed by atoms with Crippen molar-refractivity contribution in [3.63, 3.8) is 0 Å². The van der Waals surface area contributed by atoms with Gasteiger partial charge in [-0.2, -0.15) is 21.6 Å². The Bertz CT molecular complexity index is 951. The fourth-order valence-electron chi connectivity index (χ4n) is 3.07. The van der Waals surface area contributed by atoms with Crippen molar-refractivity contribution < 1.29 is 35.3 Å². The molecule has 1 fully saturated rings. The quantitative estimate of drug-likeness (QED) is 0.551. The summed E-state index contributed by atoms with van der Waals surface area (Å²) in [6.07, 6.45) is -3.36. The number of carbonyl (C=O) groups is 1. The van der Waals surface area contributed by atoms with Crippen LogP contribution < -0.4 is 0 Å². The molecule has 0 unspecified atom stereocenters. The Balaban J connectivity index is 2.03. The van der Waals surface area contributed by atoms with Gasteiger partial charge in [-0.25, -0.2) is 4.18 Å². The van der Waals surface area contributed by atoms with Crippen molar-refractivity contribution >= 4 is 16.0 Å². The van der Waals surface area contributed by atoms with Crippen LogP contribution in [0.4, 0.5) is 13.2 Å². The molecule has 1 aliphatic rings. The summed E-state index contributed by atoms with van der Waals surface area (Å²) in [7, 11) is -4.65. The van der Waals surface area contributed by atoms with Crippen LogP contribution >= 0.6 is 0 Å². The van der Waals surface area contributed by atoms with Crippen LogP contribution in [0.3, 0.4) is 0 Å². The maximum Gasteiger partial charge on any atom is 0.523 e. The summed E-state index contributed by atoms with van der Waals surface area (Å²) in [5.74, 6) is -0.932. The average Bonchev–Trinajstić information content (AvgIpc) is 2.80. The lowest BCUT2D eigenvalue weighted by Crippen LogP contribution is -2.43. The number of carbonyl (C=O) groups excluding carboxylic acids is 1. The predicted molar refractivity (Wildman–Crippen MR) is 96.9 cm³/mol. The largest absolute Gasteiger partial charge is 0.523 e. The van der Waals surface area contributed by atoms with E-state index in [-0.39, 0.29) is 6.61 Å². The minimum atomic E-state index is -6.02. The summed E-state index contributed by atoms with van der Waals surface area (Å²) in [4.78, 5) is 14.2. The third-order valence-corrected chi connectivity index (χ3v) is 5.62. The highest BCUT2D eigenvalue weighted by Gasteiger charge is 2.52. The number of halogens is 3. The fourth-order valence-corrected chi connectivity index (χ4v) is 3.63. The highest BCUT2D eigenvalue weighted by Crippen LogP contribution is 2.36. The minimum absolute atomic E-state index is 0.0578. The summed E-state index contributed by atoms with van der Waals surface area (Å²) >= 11 is 0. The summed E-state index contributed by atoms with van der Waals surface area (Å²) in [6, 6.07) is 16.0. The molecule has 0 aliphatic carbocycles. The van der Waals surface area contributed by atoms with Gasteiger partial charge in [0.2, 0.25) is 0 Å². The van der Waals surface area contributed by atoms with Gasteiger partial charge in [-0.15, -0.1) is 0 Å². The molecule has 0 N–H and O–H groups in total. The van der Waals surface area contributed by atoms with E-state index < -0.39 is 39.8 Å². The van der Waals surface area contributed by atoms with Crippen LogP contribution in [0.2, 0.25) is 0 Å². The molecule has 0 aromatic heterocycles. The molecule has 1 heterocycles. The molecule has 29 heavy (non-hydrogen) atoms. The Labute approximate surface area is 166 Å². The lowest BCUT2D eigenvalue weighted by molar-refractivity contribution is -0.142. The van der Waals surface area contributed by atoms with Crippen LogP contribution in [0.25, 0.3) is 0 Å². The van der Waals surface area contributed by atoms with E-state index in [1.165, 1.54) is 19.2 Å². The van der Waals surface area contributed by atoms with Crippen molar-refractivity contribution in [1.82, 2.24) is 4.90 Å². The summed E-state index contributed by atoms with van der Waals surface area (Å²) < 4.78 is 72.1. The third-order valence-electron chi connectivity index (χ3n) is 4.59. The van der Waals surface area contributed by atoms with E-state index in [1.54, 1.807) is 48.5 Å². The van der Waals surface area contributed by atoms with E-state index in [4.69, 9.17) is 4.74 Å². The van der Waals surface area contributed by atoms with Gasteiger partial charge in [0.25, 0.3) is 5.91 Å². The van der Waals surface area contributed by atoms with Crippen LogP contribution in [-0.4, -0.2) is 44.5 Å². The second-order valence-corrected chi connectivity index (χ2v) is 8.02. The Kier molecular flexibility index (Phi) is 5.97. The molecule has 6 nitrogen and oxygen atoms in total. The first-order valence-corrected chi connectivity index (χ1v) is 10.0. The van der Waals surface area contributed by atoms with E-state index in [2.05, 4.69) is 4.18 Å². The zero-order valence-electron chi connectivity index (χ0n) is 15.2. The Morgan fingerprint density at radius 3 is 2.03 bits per heavy atom. The lowest BCUT2D eigenvalue weighted by atomic mass is 10.0. The van der Waals surface area contributed by atoms with Gasteiger partial charge in [0.1, 0.15) is 6.10 Å². The van der Waals surface area contributed by atoms with Gasteiger partial charge in [0.05, 0.1) is 12.6 Å². The molecule has 2 aromatic rings. The summed E-state index contributed by atoms with van der Waals surface area (Å²) in [5.41, 5.74) is -4.65. The molecule has 1 amide bonds. The molecule has 0 bridgehead atoms. The van der Waals surface area contributed by atoms with Gasteiger partial charge in [-0.3, -0.25) is 4.79 Å². The van der Waals surface area contributed by atoms with Gasteiger partial charge >= 0.3 is 15.6 Å². The highest BCUT2D eigenvalue weighted by molar-refractivity contribution is 7.87. The molecule has 1 saturated heterocycles. The third kappa shape index (κ3) is 4.44. The number of hydrogen-bond donors (Lipinski definition) is 0. The van der Waals surface area contributed by atoms with Crippen molar-refractivity contribution in [1.29, 1.82) is 0 Å². The van der Waals surface area contributed by atoms with Crippen LogP contribution in [0.5, 0.6) is 0 Å². The fraction of sp³-hybridized carbons (Fsp3) is 0.316. The number of amides is 1. The monoisotopic (exact) mass is 429 g/mol. The van der Waals surface area contributed by atoms with Crippen molar-refractivity contribution in [3.8, 4) is 0 Å². The van der Waals surface area contributed by atoms with Crippen LogP contribution in [0.15, 0.2) is 60.7 Å². The molecule has 10 heteroatoms. The molecular formula is C19H18F3NO5S. The van der Waals surface area contributed by atoms with E-state index in [1.807, 2.05) is 0 Å². The minimum Gasteiger partial charge on any atom is -0.368 e. The van der Waals surface area contributed by atoms with Gasteiger partial charge in [-0.05, 0) is 11.1 Å². The average molecular weight is 429 g/mol. The molecule has 156 valence electrons. The number of benzene rings is 2. The topological polar surface area (TPSA) is 72.9 Å². The van der Waals surface area contributed by atoms with Crippen molar-refractivity contribution in [2.24, 2.45) is 0 Å². The van der Waals surface area contributed by atoms with Gasteiger partial charge < -0.3 is 9.64 Å². The summed E-state index contributed by atoms with van der Waals surface area (Å²) in [6.45, 7) is -0.0578. The SMILES string of the molecule is CN1C(=O)[C@H](OS(=O)(=O)C(F)(F)F)[C@@H](c2ccccc2)OC[C@H]1c1ccccc1. The standard InChI is InChI=1S/C19H18F3NO5S/c1-23-15(13-8-4-2-5-9-13)12-27-16(14-10-6-3-7-11-14)17(18(23)24)28-29(25,26)19(20,21)22/h2-11,15-17H,12H2,1H3/t15-,16+,17+/m0/s1. The second kappa shape index (κ2) is 8.13. The zero-order valence-corrected chi connectivity index (χ0v) is 16.1. The highest BCUT2D eigenvalue weighted by atomic mass is 32.2. The van der Waals surface area contributed by atoms with Gasteiger partial charge in [0, 0.05) is 7.05 Å². The number of alkyl halides is 3. The van der Waals surface area contributed by atoms with Gasteiger partial charge in [-0.1, -0.05) is 60.7 Å². The van der Waals surface area contributed by atoms with Crippen molar-refractivity contribution in [2.75, 3.05) is 13.7 Å². The molecular weight excluding hydrogens is 411 g/mol. The maximum atomic E-state index is 13.0. The lowest BCUT2D eigenvalue weighted by Gasteiger charge is -2.27. The first kappa shape index (κ1) is 21.3. The number of likely N-dealkylation sites (N-methyl/N-ethyl adjacent to an activating group) is 1. The number of rotatable bonds is 4.